The van der Waals surface area contributed by atoms with E-state index in [1.807, 2.05) is 10.6 Å². The monoisotopic (exact) mass is 245 g/mol. The average Bonchev–Trinajstić information content (AvgIpc) is 2.13. The number of hydrogen-bond acceptors (Lipinski definition) is 8. The Morgan fingerprint density at radius 2 is 1.47 bits per heavy atom. The second kappa shape index (κ2) is 6.30. The minimum absolute atomic E-state index is 0.455. The Hall–Kier alpha value is -0.330. The molecule has 0 aliphatic carbocycles. The molecule has 10 heteroatoms. The second-order valence-electron chi connectivity index (χ2n) is 2.56. The van der Waals surface area contributed by atoms with Gasteiger partial charge in [0.1, 0.15) is 0 Å². The molecule has 0 heterocycles. The van der Waals surface area contributed by atoms with Crippen molar-refractivity contribution < 1.29 is 28.3 Å². The van der Waals surface area contributed by atoms with Gasteiger partial charge in [-0.3, -0.25) is 20.5 Å². The molecule has 0 saturated carbocycles. The molecule has 0 bridgehead atoms. The average molecular weight is 245 g/mol. The van der Waals surface area contributed by atoms with Crippen LogP contribution in [0.3, 0.4) is 0 Å². The van der Waals surface area contributed by atoms with E-state index in [1.165, 1.54) is 0 Å². The van der Waals surface area contributed by atoms with Crippen molar-refractivity contribution >= 4 is 10.1 Å². The minimum atomic E-state index is -4.64. The molecule has 15 heavy (non-hydrogen) atoms. The predicted octanol–water partition coefficient (Wildman–Crippen LogP) is -3.85. The molecule has 0 aromatic carbocycles. The first-order valence-corrected chi connectivity index (χ1v) is 5.38. The molecule has 7 N–H and O–H groups in total. The Balaban J connectivity index is 4.89. The normalized spacial score (nSPS) is 13.1. The van der Waals surface area contributed by atoms with E-state index in [0.29, 0.717) is 0 Å². The van der Waals surface area contributed by atoms with Crippen molar-refractivity contribution in [2.45, 2.75) is 4.99 Å². The van der Waals surface area contributed by atoms with Gasteiger partial charge in [0.05, 0.1) is 20.2 Å². The van der Waals surface area contributed by atoms with E-state index in [1.54, 1.807) is 0 Å². The third-order valence-electron chi connectivity index (χ3n) is 1.66. The summed E-state index contributed by atoms with van der Waals surface area (Å²) in [6, 6.07) is 0. The Bertz CT molecular complexity index is 262. The van der Waals surface area contributed by atoms with Gasteiger partial charge in [-0.05, 0) is 0 Å². The molecule has 0 aromatic heterocycles. The molecule has 0 aliphatic rings. The van der Waals surface area contributed by atoms with Crippen LogP contribution in [0.5, 0.6) is 0 Å². The van der Waals surface area contributed by atoms with Crippen LogP contribution in [-0.2, 0) is 10.1 Å². The molecular weight excluding hydrogens is 230 g/mol. The first-order valence-electron chi connectivity index (χ1n) is 3.94. The first kappa shape index (κ1) is 14.7. The standard InChI is InChI=1S/C5H15N3O6S/c9-2-6-1-5(7-3-10,8-4-11)15(12,13)14/h6-11H,1-4H2,(H,12,13,14). The highest BCUT2D eigenvalue weighted by Gasteiger charge is 2.41. The van der Waals surface area contributed by atoms with E-state index < -0.39 is 41.9 Å². The predicted molar refractivity (Wildman–Crippen MR) is 49.8 cm³/mol. The zero-order chi connectivity index (χ0) is 11.9. The molecule has 0 spiro atoms. The van der Waals surface area contributed by atoms with Gasteiger partial charge in [-0.15, -0.1) is 0 Å². The van der Waals surface area contributed by atoms with Crippen LogP contribution in [0.25, 0.3) is 0 Å². The number of rotatable bonds is 8. The van der Waals surface area contributed by atoms with Gasteiger partial charge in [0.15, 0.2) is 0 Å². The van der Waals surface area contributed by atoms with E-state index in [9.17, 15) is 8.42 Å². The summed E-state index contributed by atoms with van der Waals surface area (Å²) in [6.07, 6.45) is 0. The number of aliphatic hydroxyl groups is 3. The van der Waals surface area contributed by atoms with Crippen LogP contribution in [0.4, 0.5) is 0 Å². The molecule has 0 fully saturated rings. The minimum Gasteiger partial charge on any atom is -0.381 e. The summed E-state index contributed by atoms with van der Waals surface area (Å²) in [5.74, 6) is 0. The molecule has 0 atom stereocenters. The number of nitrogens with one attached hydrogen (secondary N) is 3. The van der Waals surface area contributed by atoms with Gasteiger partial charge >= 0.3 is 0 Å². The second-order valence-corrected chi connectivity index (χ2v) is 4.20. The smallest absolute Gasteiger partial charge is 0.299 e. The quantitative estimate of drug-likeness (QED) is 0.168. The van der Waals surface area contributed by atoms with Crippen molar-refractivity contribution in [3.05, 3.63) is 0 Å². The van der Waals surface area contributed by atoms with Crippen molar-refractivity contribution in [3.63, 3.8) is 0 Å². The maximum absolute atomic E-state index is 11.0. The molecule has 0 rings (SSSR count). The lowest BCUT2D eigenvalue weighted by atomic mass is 10.4. The Morgan fingerprint density at radius 3 is 1.73 bits per heavy atom. The van der Waals surface area contributed by atoms with E-state index in [2.05, 4.69) is 5.32 Å². The molecule has 0 unspecified atom stereocenters. The SMILES string of the molecule is O=S(=O)(O)C(CNCO)(NCO)NCO. The fraction of sp³-hybridized carbons (Fsp3) is 1.00. The lowest BCUT2D eigenvalue weighted by Gasteiger charge is -2.31. The summed E-state index contributed by atoms with van der Waals surface area (Å²) in [7, 11) is -4.64. The maximum atomic E-state index is 11.0. The van der Waals surface area contributed by atoms with Crippen LogP contribution in [-0.4, -0.2) is 60.0 Å². The van der Waals surface area contributed by atoms with Crippen LogP contribution in [0.2, 0.25) is 0 Å². The van der Waals surface area contributed by atoms with Gasteiger partial charge in [0, 0.05) is 6.54 Å². The van der Waals surface area contributed by atoms with Gasteiger partial charge in [-0.25, -0.2) is 0 Å². The third-order valence-corrected chi connectivity index (χ3v) is 2.97. The van der Waals surface area contributed by atoms with Crippen LogP contribution < -0.4 is 16.0 Å². The first-order chi connectivity index (χ1) is 6.93. The molecule has 0 radical (unpaired) electrons. The van der Waals surface area contributed by atoms with Crippen LogP contribution in [0, 0.1) is 0 Å². The number of hydrogen-bond donors (Lipinski definition) is 7. The van der Waals surface area contributed by atoms with Crippen molar-refractivity contribution in [3.8, 4) is 0 Å². The van der Waals surface area contributed by atoms with E-state index >= 15 is 0 Å². The Kier molecular flexibility index (Phi) is 6.16. The van der Waals surface area contributed by atoms with Gasteiger partial charge in [-0.1, -0.05) is 0 Å². The van der Waals surface area contributed by atoms with Crippen molar-refractivity contribution in [2.75, 3.05) is 26.7 Å². The summed E-state index contributed by atoms with van der Waals surface area (Å²) in [4.78, 5) is -2.15. The molecule has 0 aliphatic heterocycles. The fourth-order valence-corrected chi connectivity index (χ4v) is 1.73. The van der Waals surface area contributed by atoms with Crippen LogP contribution >= 0.6 is 0 Å². The van der Waals surface area contributed by atoms with Crippen LogP contribution in [0.15, 0.2) is 0 Å². The molecular formula is C5H15N3O6S. The van der Waals surface area contributed by atoms with E-state index in [4.69, 9.17) is 19.9 Å². The summed E-state index contributed by atoms with van der Waals surface area (Å²) < 4.78 is 31.0. The molecule has 0 saturated heterocycles. The lowest BCUT2D eigenvalue weighted by Crippen LogP contribution is -2.67. The summed E-state index contributed by atoms with van der Waals surface area (Å²) in [5.41, 5.74) is 0. The van der Waals surface area contributed by atoms with Crippen molar-refractivity contribution in [2.24, 2.45) is 0 Å². The Morgan fingerprint density at radius 1 is 1.00 bits per heavy atom. The zero-order valence-corrected chi connectivity index (χ0v) is 8.66. The van der Waals surface area contributed by atoms with Crippen LogP contribution in [0.1, 0.15) is 0 Å². The topological polar surface area (TPSA) is 151 Å². The van der Waals surface area contributed by atoms with Crippen molar-refractivity contribution in [1.82, 2.24) is 16.0 Å². The lowest BCUT2D eigenvalue weighted by molar-refractivity contribution is 0.149. The maximum Gasteiger partial charge on any atom is 0.299 e. The molecule has 9 nitrogen and oxygen atoms in total. The van der Waals surface area contributed by atoms with Gasteiger partial charge in [0.25, 0.3) is 10.1 Å². The summed E-state index contributed by atoms with van der Waals surface area (Å²) >= 11 is 0. The van der Waals surface area contributed by atoms with Gasteiger partial charge < -0.3 is 15.3 Å². The van der Waals surface area contributed by atoms with Gasteiger partial charge in [0.2, 0.25) is 4.99 Å². The summed E-state index contributed by atoms with van der Waals surface area (Å²) in [6.45, 7) is -2.49. The summed E-state index contributed by atoms with van der Waals surface area (Å²) in [5, 5.41) is 32.0. The molecule has 0 amide bonds. The van der Waals surface area contributed by atoms with Gasteiger partial charge in [-0.2, -0.15) is 8.42 Å². The molecule has 92 valence electrons. The Labute approximate surface area is 86.9 Å². The fourth-order valence-electron chi connectivity index (χ4n) is 0.948. The highest BCUT2D eigenvalue weighted by atomic mass is 32.2. The third kappa shape index (κ3) is 3.96. The van der Waals surface area contributed by atoms with Crippen molar-refractivity contribution in [1.29, 1.82) is 0 Å². The largest absolute Gasteiger partial charge is 0.381 e. The highest BCUT2D eigenvalue weighted by Crippen LogP contribution is 2.07. The van der Waals surface area contributed by atoms with E-state index in [0.717, 1.165) is 0 Å². The number of aliphatic hydroxyl groups excluding tert-OH is 3. The molecule has 0 aromatic rings. The van der Waals surface area contributed by atoms with E-state index in [-0.39, 0.29) is 0 Å². The highest BCUT2D eigenvalue weighted by molar-refractivity contribution is 7.87. The zero-order valence-electron chi connectivity index (χ0n) is 7.84.